The minimum absolute atomic E-state index is 0.210. The van der Waals surface area contributed by atoms with E-state index >= 15 is 0 Å². The Hall–Kier alpha value is -1.02. The molecule has 0 aliphatic carbocycles. The number of β-amino-alcohol motifs (C(OH)–C–C–N with tert-alkyl or cyclic N) is 1. The smallest absolute Gasteiger partial charge is 0.0756 e. The lowest BCUT2D eigenvalue weighted by Crippen LogP contribution is -2.35. The van der Waals surface area contributed by atoms with Crippen LogP contribution in [-0.4, -0.2) is 24.8 Å². The molecule has 1 unspecified atom stereocenters. The molecule has 0 bridgehead atoms. The van der Waals surface area contributed by atoms with Gasteiger partial charge in [-0.1, -0.05) is 12.1 Å². The van der Waals surface area contributed by atoms with Crippen LogP contribution in [0.4, 0.5) is 5.69 Å². The van der Waals surface area contributed by atoms with Gasteiger partial charge in [-0.25, -0.2) is 0 Å². The van der Waals surface area contributed by atoms with Crippen LogP contribution < -0.4 is 4.90 Å². The summed E-state index contributed by atoms with van der Waals surface area (Å²) < 4.78 is 0. The van der Waals surface area contributed by atoms with Crippen LogP contribution in [0.25, 0.3) is 0 Å². The summed E-state index contributed by atoms with van der Waals surface area (Å²) in [5, 5.41) is 9.61. The molecule has 1 atom stereocenters. The second-order valence-electron chi connectivity index (χ2n) is 3.81. The Kier molecular flexibility index (Phi) is 2.00. The molecule has 2 rings (SSSR count). The molecule has 0 aromatic heterocycles. The molecule has 1 aliphatic rings. The summed E-state index contributed by atoms with van der Waals surface area (Å²) in [5.41, 5.74) is 3.84. The number of likely N-dealkylation sites (N-methyl/N-ethyl adjacent to an activating group) is 1. The number of anilines is 1. The van der Waals surface area contributed by atoms with Gasteiger partial charge in [-0.2, -0.15) is 0 Å². The van der Waals surface area contributed by atoms with Crippen molar-refractivity contribution >= 4 is 5.69 Å². The number of benzene rings is 1. The number of aliphatic hydroxyl groups is 1. The first-order valence-corrected chi connectivity index (χ1v) is 4.66. The fourth-order valence-electron chi connectivity index (χ4n) is 2.02. The van der Waals surface area contributed by atoms with Gasteiger partial charge < -0.3 is 10.0 Å². The topological polar surface area (TPSA) is 23.5 Å². The molecule has 0 saturated heterocycles. The van der Waals surface area contributed by atoms with Crippen molar-refractivity contribution in [3.63, 3.8) is 0 Å². The van der Waals surface area contributed by atoms with E-state index < -0.39 is 0 Å². The maximum atomic E-state index is 9.61. The fourth-order valence-corrected chi connectivity index (χ4v) is 2.02. The van der Waals surface area contributed by atoms with Gasteiger partial charge in [0, 0.05) is 25.7 Å². The molecule has 1 aromatic carbocycles. The van der Waals surface area contributed by atoms with Gasteiger partial charge >= 0.3 is 0 Å². The van der Waals surface area contributed by atoms with Crippen LogP contribution in [0.15, 0.2) is 18.2 Å². The van der Waals surface area contributed by atoms with Crippen molar-refractivity contribution in [3.05, 3.63) is 29.3 Å². The first kappa shape index (κ1) is 8.57. The minimum Gasteiger partial charge on any atom is -0.391 e. The molecular formula is C11H15NO. The second kappa shape index (κ2) is 3.04. The molecule has 1 heterocycles. The average Bonchev–Trinajstić information content (AvgIpc) is 2.07. The summed E-state index contributed by atoms with van der Waals surface area (Å²) in [7, 11) is 2.03. The highest BCUT2D eigenvalue weighted by Gasteiger charge is 2.20. The molecule has 1 N–H and O–H groups in total. The van der Waals surface area contributed by atoms with Crippen LogP contribution in [0.2, 0.25) is 0 Å². The molecular weight excluding hydrogens is 162 g/mol. The summed E-state index contributed by atoms with van der Waals surface area (Å²) in [4.78, 5) is 2.12. The van der Waals surface area contributed by atoms with Crippen molar-refractivity contribution in [2.75, 3.05) is 18.5 Å². The van der Waals surface area contributed by atoms with Crippen LogP contribution in [-0.2, 0) is 6.42 Å². The first-order valence-electron chi connectivity index (χ1n) is 4.66. The Balaban J connectivity index is 2.49. The largest absolute Gasteiger partial charge is 0.391 e. The van der Waals surface area contributed by atoms with Gasteiger partial charge in [0.25, 0.3) is 0 Å². The number of nitrogens with zero attached hydrogens (tertiary/aromatic N) is 1. The molecule has 0 amide bonds. The van der Waals surface area contributed by atoms with Crippen molar-refractivity contribution in [3.8, 4) is 0 Å². The average molecular weight is 177 g/mol. The SMILES string of the molecule is Cc1cccc2c1CC(O)CN2C. The van der Waals surface area contributed by atoms with E-state index in [9.17, 15) is 5.11 Å². The van der Waals surface area contributed by atoms with Gasteiger partial charge in [0.05, 0.1) is 6.10 Å². The maximum Gasteiger partial charge on any atom is 0.0756 e. The van der Waals surface area contributed by atoms with E-state index in [1.807, 2.05) is 7.05 Å². The Morgan fingerprint density at radius 2 is 2.23 bits per heavy atom. The summed E-state index contributed by atoms with van der Waals surface area (Å²) in [6.45, 7) is 2.85. The zero-order valence-corrected chi connectivity index (χ0v) is 8.12. The number of hydrogen-bond donors (Lipinski definition) is 1. The molecule has 1 aromatic rings. The van der Waals surface area contributed by atoms with Crippen LogP contribution in [0.1, 0.15) is 11.1 Å². The van der Waals surface area contributed by atoms with E-state index in [0.29, 0.717) is 0 Å². The van der Waals surface area contributed by atoms with Gasteiger partial charge in [-0.3, -0.25) is 0 Å². The van der Waals surface area contributed by atoms with Crippen LogP contribution in [0.3, 0.4) is 0 Å². The lowest BCUT2D eigenvalue weighted by atomic mass is 9.96. The Morgan fingerprint density at radius 3 is 3.00 bits per heavy atom. The highest BCUT2D eigenvalue weighted by atomic mass is 16.3. The summed E-state index contributed by atoms with van der Waals surface area (Å²) >= 11 is 0. The Bertz CT molecular complexity index is 322. The van der Waals surface area contributed by atoms with Crippen LogP contribution in [0.5, 0.6) is 0 Å². The molecule has 2 nitrogen and oxygen atoms in total. The third-order valence-electron chi connectivity index (χ3n) is 2.72. The maximum absolute atomic E-state index is 9.61. The normalized spacial score (nSPS) is 21.5. The standard InChI is InChI=1S/C11H15NO/c1-8-4-3-5-11-10(8)6-9(13)7-12(11)2/h3-5,9,13H,6-7H2,1-2H3. The highest BCUT2D eigenvalue weighted by molar-refractivity contribution is 5.58. The van der Waals surface area contributed by atoms with E-state index in [1.165, 1.54) is 16.8 Å². The molecule has 13 heavy (non-hydrogen) atoms. The molecule has 0 spiro atoms. The third kappa shape index (κ3) is 1.42. The van der Waals surface area contributed by atoms with Gasteiger partial charge in [0.2, 0.25) is 0 Å². The van der Waals surface area contributed by atoms with Crippen molar-refractivity contribution in [1.29, 1.82) is 0 Å². The van der Waals surface area contributed by atoms with Gasteiger partial charge in [-0.15, -0.1) is 0 Å². The van der Waals surface area contributed by atoms with Crippen LogP contribution >= 0.6 is 0 Å². The molecule has 0 radical (unpaired) electrons. The predicted molar refractivity (Wildman–Crippen MR) is 54.2 cm³/mol. The number of aliphatic hydroxyl groups excluding tert-OH is 1. The zero-order chi connectivity index (χ0) is 9.42. The monoisotopic (exact) mass is 177 g/mol. The highest BCUT2D eigenvalue weighted by Crippen LogP contribution is 2.28. The zero-order valence-electron chi connectivity index (χ0n) is 8.12. The van der Waals surface area contributed by atoms with E-state index in [-0.39, 0.29) is 6.10 Å². The summed E-state index contributed by atoms with van der Waals surface area (Å²) in [6, 6.07) is 6.29. The molecule has 0 saturated carbocycles. The van der Waals surface area contributed by atoms with Crippen molar-refractivity contribution in [2.24, 2.45) is 0 Å². The molecule has 2 heteroatoms. The predicted octanol–water partition coefficient (Wildman–Crippen LogP) is 1.35. The summed E-state index contributed by atoms with van der Waals surface area (Å²) in [5.74, 6) is 0. The van der Waals surface area contributed by atoms with E-state index in [1.54, 1.807) is 0 Å². The number of fused-ring (bicyclic) bond motifs is 1. The lowest BCUT2D eigenvalue weighted by molar-refractivity contribution is 0.177. The van der Waals surface area contributed by atoms with Gasteiger partial charge in [0.15, 0.2) is 0 Å². The number of hydrogen-bond acceptors (Lipinski definition) is 2. The van der Waals surface area contributed by atoms with Crippen molar-refractivity contribution < 1.29 is 5.11 Å². The first-order chi connectivity index (χ1) is 6.18. The van der Waals surface area contributed by atoms with E-state index in [0.717, 1.165) is 13.0 Å². The lowest BCUT2D eigenvalue weighted by Gasteiger charge is -2.31. The van der Waals surface area contributed by atoms with Gasteiger partial charge in [-0.05, 0) is 24.1 Å². The Labute approximate surface area is 78.8 Å². The van der Waals surface area contributed by atoms with E-state index in [2.05, 4.69) is 30.0 Å². The second-order valence-corrected chi connectivity index (χ2v) is 3.81. The number of aryl methyl sites for hydroxylation is 1. The van der Waals surface area contributed by atoms with Crippen LogP contribution in [0, 0.1) is 6.92 Å². The van der Waals surface area contributed by atoms with E-state index in [4.69, 9.17) is 0 Å². The minimum atomic E-state index is -0.210. The molecule has 70 valence electrons. The third-order valence-corrected chi connectivity index (χ3v) is 2.72. The molecule has 1 aliphatic heterocycles. The van der Waals surface area contributed by atoms with Gasteiger partial charge in [0.1, 0.15) is 0 Å². The molecule has 0 fully saturated rings. The van der Waals surface area contributed by atoms with Crippen molar-refractivity contribution in [2.45, 2.75) is 19.4 Å². The summed E-state index contributed by atoms with van der Waals surface area (Å²) in [6.07, 6.45) is 0.588. The number of rotatable bonds is 0. The van der Waals surface area contributed by atoms with Crippen molar-refractivity contribution in [1.82, 2.24) is 0 Å². The quantitative estimate of drug-likeness (QED) is 0.646. The Morgan fingerprint density at radius 1 is 1.46 bits per heavy atom. The fraction of sp³-hybridized carbons (Fsp3) is 0.455.